The van der Waals surface area contributed by atoms with E-state index in [4.69, 9.17) is 0 Å². The average molecular weight is 243 g/mol. The second kappa shape index (κ2) is 5.74. The molecule has 2 aliphatic rings. The van der Waals surface area contributed by atoms with Gasteiger partial charge in [0.25, 0.3) is 0 Å². The van der Waals surface area contributed by atoms with E-state index in [9.17, 15) is 5.11 Å². The Morgan fingerprint density at radius 3 is 2.50 bits per heavy atom. The molecule has 0 aromatic carbocycles. The summed E-state index contributed by atoms with van der Waals surface area (Å²) < 4.78 is 0.459. The molecule has 0 aromatic heterocycles. The van der Waals surface area contributed by atoms with Gasteiger partial charge >= 0.3 is 0 Å². The van der Waals surface area contributed by atoms with Crippen LogP contribution >= 0.6 is 11.8 Å². The number of thioether (sulfide) groups is 1. The van der Waals surface area contributed by atoms with Crippen LogP contribution in [0.15, 0.2) is 0 Å². The Morgan fingerprint density at radius 1 is 1.19 bits per heavy atom. The van der Waals surface area contributed by atoms with Crippen molar-refractivity contribution in [2.24, 2.45) is 0 Å². The Hall–Kier alpha value is 0.270. The minimum Gasteiger partial charge on any atom is -0.392 e. The molecule has 0 saturated heterocycles. The summed E-state index contributed by atoms with van der Waals surface area (Å²) in [4.78, 5) is 0. The number of hydrogen-bond donors (Lipinski definition) is 2. The molecule has 3 heteroatoms. The molecule has 0 aromatic rings. The summed E-state index contributed by atoms with van der Waals surface area (Å²) in [6.07, 6.45) is 12.4. The first-order chi connectivity index (χ1) is 7.76. The third-order valence-electron chi connectivity index (χ3n) is 4.36. The summed E-state index contributed by atoms with van der Waals surface area (Å²) in [6.45, 7) is 1.09. The smallest absolute Gasteiger partial charge is 0.0693 e. The number of aliphatic hydroxyl groups is 1. The van der Waals surface area contributed by atoms with E-state index < -0.39 is 0 Å². The summed E-state index contributed by atoms with van der Waals surface area (Å²) in [5.74, 6) is 0. The monoisotopic (exact) mass is 243 g/mol. The van der Waals surface area contributed by atoms with Crippen LogP contribution < -0.4 is 5.32 Å². The van der Waals surface area contributed by atoms with Crippen LogP contribution in [0.25, 0.3) is 0 Å². The predicted octanol–water partition coefficient (Wildman–Crippen LogP) is 2.56. The van der Waals surface area contributed by atoms with Crippen molar-refractivity contribution in [3.63, 3.8) is 0 Å². The van der Waals surface area contributed by atoms with Crippen molar-refractivity contribution in [1.29, 1.82) is 0 Å². The standard InChI is InChI=1S/C13H25NOS/c1-16-13(8-3-2-4-9-13)10-14-11-6-5-7-12(11)15/h11-12,14-15H,2-10H2,1H3. The van der Waals surface area contributed by atoms with Crippen LogP contribution in [-0.2, 0) is 0 Å². The Balaban J connectivity index is 1.82. The van der Waals surface area contributed by atoms with Gasteiger partial charge in [-0.25, -0.2) is 0 Å². The summed E-state index contributed by atoms with van der Waals surface area (Å²) in [7, 11) is 0. The fraction of sp³-hybridized carbons (Fsp3) is 1.00. The molecule has 2 nitrogen and oxygen atoms in total. The highest BCUT2D eigenvalue weighted by Crippen LogP contribution is 2.38. The van der Waals surface area contributed by atoms with Crippen molar-refractivity contribution in [1.82, 2.24) is 5.32 Å². The van der Waals surface area contributed by atoms with E-state index in [2.05, 4.69) is 11.6 Å². The first-order valence-corrected chi connectivity index (χ1v) is 7.95. The maximum absolute atomic E-state index is 9.81. The summed E-state index contributed by atoms with van der Waals surface area (Å²) >= 11 is 2.03. The fourth-order valence-corrected chi connectivity index (χ4v) is 4.07. The van der Waals surface area contributed by atoms with Gasteiger partial charge in [0.2, 0.25) is 0 Å². The third kappa shape index (κ3) is 2.93. The number of rotatable bonds is 4. The van der Waals surface area contributed by atoms with Crippen molar-refractivity contribution in [2.75, 3.05) is 12.8 Å². The topological polar surface area (TPSA) is 32.3 Å². The summed E-state index contributed by atoms with van der Waals surface area (Å²) in [6, 6.07) is 0.367. The molecule has 94 valence electrons. The molecule has 2 N–H and O–H groups in total. The maximum Gasteiger partial charge on any atom is 0.0693 e. The van der Waals surface area contributed by atoms with Crippen molar-refractivity contribution < 1.29 is 5.11 Å². The fourth-order valence-electron chi connectivity index (χ4n) is 3.14. The molecule has 0 amide bonds. The van der Waals surface area contributed by atoms with E-state index >= 15 is 0 Å². The molecule has 2 rings (SSSR count). The van der Waals surface area contributed by atoms with Gasteiger partial charge in [-0.1, -0.05) is 19.3 Å². The molecule has 0 radical (unpaired) electrons. The third-order valence-corrected chi connectivity index (χ3v) is 5.78. The molecular formula is C13H25NOS. The predicted molar refractivity (Wildman–Crippen MR) is 71.0 cm³/mol. The largest absolute Gasteiger partial charge is 0.392 e. The van der Waals surface area contributed by atoms with Gasteiger partial charge in [-0.3, -0.25) is 0 Å². The van der Waals surface area contributed by atoms with Crippen molar-refractivity contribution >= 4 is 11.8 Å². The van der Waals surface area contributed by atoms with Gasteiger partial charge in [-0.2, -0.15) is 11.8 Å². The first-order valence-electron chi connectivity index (χ1n) is 6.72. The van der Waals surface area contributed by atoms with E-state index in [1.807, 2.05) is 11.8 Å². The summed E-state index contributed by atoms with van der Waals surface area (Å²) in [5, 5.41) is 13.4. The summed E-state index contributed by atoms with van der Waals surface area (Å²) in [5.41, 5.74) is 0. The molecule has 0 heterocycles. The van der Waals surface area contributed by atoms with Crippen LogP contribution in [0.5, 0.6) is 0 Å². The molecule has 0 bridgehead atoms. The van der Waals surface area contributed by atoms with Crippen LogP contribution in [0.1, 0.15) is 51.4 Å². The number of hydrogen-bond acceptors (Lipinski definition) is 3. The van der Waals surface area contributed by atoms with Gasteiger partial charge in [0.05, 0.1) is 6.10 Å². The van der Waals surface area contributed by atoms with Crippen molar-refractivity contribution in [3.8, 4) is 0 Å². The minimum absolute atomic E-state index is 0.0949. The quantitative estimate of drug-likeness (QED) is 0.796. The Bertz CT molecular complexity index is 216. The first kappa shape index (κ1) is 12.7. The van der Waals surface area contributed by atoms with E-state index in [1.165, 1.54) is 38.5 Å². The van der Waals surface area contributed by atoms with E-state index in [0.717, 1.165) is 19.4 Å². The molecular weight excluding hydrogens is 218 g/mol. The van der Waals surface area contributed by atoms with Crippen molar-refractivity contribution in [3.05, 3.63) is 0 Å². The highest BCUT2D eigenvalue weighted by Gasteiger charge is 2.33. The maximum atomic E-state index is 9.81. The van der Waals surface area contributed by atoms with E-state index in [0.29, 0.717) is 10.8 Å². The van der Waals surface area contributed by atoms with Crippen molar-refractivity contribution in [2.45, 2.75) is 68.3 Å². The molecule has 2 saturated carbocycles. The lowest BCUT2D eigenvalue weighted by Crippen LogP contribution is -2.45. The van der Waals surface area contributed by atoms with Gasteiger partial charge in [-0.15, -0.1) is 0 Å². The zero-order chi connectivity index (χ0) is 11.4. The van der Waals surface area contributed by atoms with Gasteiger partial charge < -0.3 is 10.4 Å². The molecule has 0 aliphatic heterocycles. The van der Waals surface area contributed by atoms with E-state index in [-0.39, 0.29) is 6.10 Å². The molecule has 2 aliphatic carbocycles. The molecule has 0 spiro atoms. The number of aliphatic hydroxyl groups excluding tert-OH is 1. The zero-order valence-corrected chi connectivity index (χ0v) is 11.2. The zero-order valence-electron chi connectivity index (χ0n) is 10.4. The van der Waals surface area contributed by atoms with Crippen LogP contribution in [0, 0.1) is 0 Å². The highest BCUT2D eigenvalue weighted by molar-refractivity contribution is 8.00. The molecule has 2 atom stereocenters. The lowest BCUT2D eigenvalue weighted by Gasteiger charge is -2.37. The van der Waals surface area contributed by atoms with Crippen LogP contribution in [0.3, 0.4) is 0 Å². The Morgan fingerprint density at radius 2 is 1.94 bits per heavy atom. The molecule has 2 fully saturated rings. The lowest BCUT2D eigenvalue weighted by molar-refractivity contribution is 0.146. The normalized spacial score (nSPS) is 34.1. The Labute approximate surface area is 104 Å². The van der Waals surface area contributed by atoms with Crippen LogP contribution in [-0.4, -0.2) is 34.8 Å². The van der Waals surface area contributed by atoms with Gasteiger partial charge in [0.15, 0.2) is 0 Å². The second-order valence-electron chi connectivity index (χ2n) is 5.43. The Kier molecular flexibility index (Phi) is 4.57. The van der Waals surface area contributed by atoms with Gasteiger partial charge in [0.1, 0.15) is 0 Å². The highest BCUT2D eigenvalue weighted by atomic mass is 32.2. The molecule has 2 unspecified atom stereocenters. The number of nitrogens with one attached hydrogen (secondary N) is 1. The molecule has 16 heavy (non-hydrogen) atoms. The van der Waals surface area contributed by atoms with Crippen LogP contribution in [0.4, 0.5) is 0 Å². The minimum atomic E-state index is -0.0949. The second-order valence-corrected chi connectivity index (χ2v) is 6.71. The van der Waals surface area contributed by atoms with E-state index in [1.54, 1.807) is 0 Å². The van der Waals surface area contributed by atoms with Gasteiger partial charge in [-0.05, 0) is 38.4 Å². The lowest BCUT2D eigenvalue weighted by atomic mass is 9.88. The SMILES string of the molecule is CSC1(CNC2CCCC2O)CCCCC1. The average Bonchev–Trinajstić information content (AvgIpc) is 2.74. The van der Waals surface area contributed by atoms with Crippen LogP contribution in [0.2, 0.25) is 0 Å². The van der Waals surface area contributed by atoms with Gasteiger partial charge in [0, 0.05) is 17.3 Å².